The number of aliphatic hydroxyl groups excluding tert-OH is 1. The van der Waals surface area contributed by atoms with Gasteiger partial charge in [-0.25, -0.2) is 31.9 Å². The molecule has 2 aromatic carbocycles. The fourth-order valence-electron chi connectivity index (χ4n) is 4.79. The van der Waals surface area contributed by atoms with Crippen LogP contribution in [0.2, 0.25) is 0 Å². The standard InChI is InChI=1S/C29H26F2N8O3S/c1-3-24(40)35-20-9-18(13-32-14-20)16-10-22-25(23(31)11-16)38-39-27(22)29-36-26-21(4-5-33-28(26)37-29)17-6-15(7-19(30)8-17)12-34-43(2,41)42/h4-11,13-14,24,34-35,40H,3,12H2,1-2H3,(H,38,39)(H,33,36,37). The first kappa shape index (κ1) is 28.3. The molecule has 0 aliphatic carbocycles. The first-order valence-electron chi connectivity index (χ1n) is 13.2. The van der Waals surface area contributed by atoms with Gasteiger partial charge in [-0.2, -0.15) is 5.10 Å². The number of fused-ring (bicyclic) bond motifs is 2. The van der Waals surface area contributed by atoms with Crippen LogP contribution in [0.1, 0.15) is 18.9 Å². The lowest BCUT2D eigenvalue weighted by Crippen LogP contribution is -2.21. The van der Waals surface area contributed by atoms with E-state index in [1.807, 2.05) is 6.92 Å². The molecule has 1 atom stereocenters. The van der Waals surface area contributed by atoms with Gasteiger partial charge in [-0.1, -0.05) is 6.92 Å². The number of H-pyrrole nitrogens is 2. The topological polar surface area (TPSA) is 162 Å². The fraction of sp³-hybridized carbons (Fsp3) is 0.172. The number of aromatic nitrogens is 6. The summed E-state index contributed by atoms with van der Waals surface area (Å²) in [6, 6.07) is 10.9. The summed E-state index contributed by atoms with van der Waals surface area (Å²) in [4.78, 5) is 16.4. The van der Waals surface area contributed by atoms with Crippen LogP contribution in [-0.2, 0) is 16.6 Å². The van der Waals surface area contributed by atoms with E-state index >= 15 is 4.39 Å². The van der Waals surface area contributed by atoms with Gasteiger partial charge < -0.3 is 15.4 Å². The number of anilines is 1. The minimum absolute atomic E-state index is 0.0756. The van der Waals surface area contributed by atoms with Crippen LogP contribution in [0.4, 0.5) is 14.5 Å². The van der Waals surface area contributed by atoms with E-state index in [0.717, 1.165) is 6.26 Å². The van der Waals surface area contributed by atoms with Crippen LogP contribution < -0.4 is 10.0 Å². The average molecular weight is 605 g/mol. The maximum absolute atomic E-state index is 15.2. The van der Waals surface area contributed by atoms with E-state index < -0.39 is 27.9 Å². The summed E-state index contributed by atoms with van der Waals surface area (Å²) in [7, 11) is -3.47. The van der Waals surface area contributed by atoms with E-state index in [2.05, 4.69) is 40.2 Å². The number of pyridine rings is 2. The van der Waals surface area contributed by atoms with E-state index in [0.29, 0.717) is 68.0 Å². The third-order valence-electron chi connectivity index (χ3n) is 6.84. The number of halogens is 2. The molecule has 220 valence electrons. The Hall–Kier alpha value is -4.79. The highest BCUT2D eigenvalue weighted by atomic mass is 32.2. The lowest BCUT2D eigenvalue weighted by Gasteiger charge is -2.12. The number of hydrogen-bond acceptors (Lipinski definition) is 8. The molecule has 0 aliphatic heterocycles. The summed E-state index contributed by atoms with van der Waals surface area (Å²) in [6.45, 7) is 1.76. The lowest BCUT2D eigenvalue weighted by molar-refractivity contribution is 0.199. The SMILES string of the molecule is CCC(O)Nc1cncc(-c2cc(F)c3n[nH]c(-c4nc5nccc(-c6cc(F)cc(CNS(C)(=O)=O)c6)c5[nH]4)c3c2)c1. The number of aliphatic hydroxyl groups is 1. The minimum Gasteiger partial charge on any atom is -0.374 e. The van der Waals surface area contributed by atoms with E-state index in [1.165, 1.54) is 24.4 Å². The number of nitrogens with zero attached hydrogens (tertiary/aromatic N) is 4. The summed E-state index contributed by atoms with van der Waals surface area (Å²) in [5.74, 6) is -0.746. The predicted octanol–water partition coefficient (Wildman–Crippen LogP) is 4.70. The van der Waals surface area contributed by atoms with Crippen LogP contribution in [-0.4, -0.2) is 56.1 Å². The molecule has 11 nitrogen and oxygen atoms in total. The van der Waals surface area contributed by atoms with Gasteiger partial charge in [-0.3, -0.25) is 10.1 Å². The molecule has 5 N–H and O–H groups in total. The van der Waals surface area contributed by atoms with Gasteiger partial charge in [0.1, 0.15) is 23.3 Å². The summed E-state index contributed by atoms with van der Waals surface area (Å²) in [6.07, 6.45) is 5.49. The van der Waals surface area contributed by atoms with Gasteiger partial charge in [0.05, 0.1) is 23.7 Å². The highest BCUT2D eigenvalue weighted by Gasteiger charge is 2.19. The highest BCUT2D eigenvalue weighted by molar-refractivity contribution is 7.88. The second-order valence-corrected chi connectivity index (χ2v) is 11.9. The molecular weight excluding hydrogens is 578 g/mol. The summed E-state index contributed by atoms with van der Waals surface area (Å²) in [5, 5.41) is 20.4. The number of hydrogen-bond donors (Lipinski definition) is 5. The van der Waals surface area contributed by atoms with E-state index in [9.17, 15) is 17.9 Å². The van der Waals surface area contributed by atoms with Crippen molar-refractivity contribution in [1.29, 1.82) is 0 Å². The quantitative estimate of drug-likeness (QED) is 0.148. The van der Waals surface area contributed by atoms with Crippen LogP contribution in [0.25, 0.3) is 55.8 Å². The van der Waals surface area contributed by atoms with E-state index in [4.69, 9.17) is 0 Å². The summed E-state index contributed by atoms with van der Waals surface area (Å²) >= 11 is 0. The zero-order valence-corrected chi connectivity index (χ0v) is 23.8. The van der Waals surface area contributed by atoms with Crippen molar-refractivity contribution in [3.05, 3.63) is 78.3 Å². The third-order valence-corrected chi connectivity index (χ3v) is 7.51. The van der Waals surface area contributed by atoms with Gasteiger partial charge >= 0.3 is 0 Å². The van der Waals surface area contributed by atoms with Gasteiger partial charge in [-0.05, 0) is 65.6 Å². The molecule has 1 unspecified atom stereocenters. The van der Waals surface area contributed by atoms with Crippen LogP contribution in [0, 0.1) is 11.6 Å². The molecule has 6 aromatic rings. The van der Waals surface area contributed by atoms with Crippen molar-refractivity contribution in [3.63, 3.8) is 0 Å². The molecule has 0 saturated carbocycles. The van der Waals surface area contributed by atoms with Crippen molar-refractivity contribution in [3.8, 4) is 33.8 Å². The number of sulfonamides is 1. The molecule has 14 heteroatoms. The second-order valence-electron chi connectivity index (χ2n) is 10.1. The Balaban J connectivity index is 1.41. The van der Waals surface area contributed by atoms with E-state index in [1.54, 1.807) is 36.7 Å². The molecule has 0 spiro atoms. The monoisotopic (exact) mass is 604 g/mol. The Morgan fingerprint density at radius 1 is 1.05 bits per heavy atom. The van der Waals surface area contributed by atoms with Crippen LogP contribution in [0.15, 0.2) is 61.1 Å². The van der Waals surface area contributed by atoms with Crippen molar-refractivity contribution >= 4 is 37.8 Å². The van der Waals surface area contributed by atoms with Crippen molar-refractivity contribution in [2.24, 2.45) is 0 Å². The molecule has 0 amide bonds. The Morgan fingerprint density at radius 2 is 1.88 bits per heavy atom. The van der Waals surface area contributed by atoms with Crippen LogP contribution in [0.5, 0.6) is 0 Å². The first-order chi connectivity index (χ1) is 20.6. The Labute approximate surface area is 244 Å². The molecule has 4 aromatic heterocycles. The fourth-order valence-corrected chi connectivity index (χ4v) is 5.21. The largest absolute Gasteiger partial charge is 0.374 e. The molecule has 6 rings (SSSR count). The van der Waals surface area contributed by atoms with Gasteiger partial charge in [0, 0.05) is 35.5 Å². The predicted molar refractivity (Wildman–Crippen MR) is 159 cm³/mol. The number of nitrogens with one attached hydrogen (secondary N) is 4. The van der Waals surface area contributed by atoms with E-state index in [-0.39, 0.29) is 12.1 Å². The van der Waals surface area contributed by atoms with Gasteiger partial charge in [-0.15, -0.1) is 0 Å². The van der Waals surface area contributed by atoms with Crippen LogP contribution >= 0.6 is 0 Å². The maximum atomic E-state index is 15.2. The number of imidazole rings is 1. The molecule has 0 fully saturated rings. The third kappa shape index (κ3) is 5.93. The van der Waals surface area contributed by atoms with Crippen molar-refractivity contribution < 1.29 is 22.3 Å². The first-order valence-corrected chi connectivity index (χ1v) is 15.1. The average Bonchev–Trinajstić information content (AvgIpc) is 3.60. The Bertz CT molecular complexity index is 2100. The molecule has 4 heterocycles. The van der Waals surface area contributed by atoms with Gasteiger partial charge in [0.15, 0.2) is 17.3 Å². The smallest absolute Gasteiger partial charge is 0.209 e. The second kappa shape index (κ2) is 11.1. The molecule has 0 radical (unpaired) electrons. The van der Waals surface area contributed by atoms with Gasteiger partial charge in [0.25, 0.3) is 0 Å². The lowest BCUT2D eigenvalue weighted by atomic mass is 10.0. The molecule has 0 aliphatic rings. The summed E-state index contributed by atoms with van der Waals surface area (Å²) < 4.78 is 55.3. The minimum atomic E-state index is -3.47. The number of aromatic amines is 2. The van der Waals surface area contributed by atoms with Crippen molar-refractivity contribution in [2.75, 3.05) is 11.6 Å². The van der Waals surface area contributed by atoms with Gasteiger partial charge in [0.2, 0.25) is 10.0 Å². The zero-order chi connectivity index (χ0) is 30.3. The normalized spacial score (nSPS) is 12.7. The highest BCUT2D eigenvalue weighted by Crippen LogP contribution is 2.34. The molecule has 0 bridgehead atoms. The number of benzene rings is 2. The summed E-state index contributed by atoms with van der Waals surface area (Å²) in [5.41, 5.74) is 4.64. The molecule has 0 saturated heterocycles. The number of rotatable bonds is 9. The Kier molecular flexibility index (Phi) is 7.33. The van der Waals surface area contributed by atoms with Crippen molar-refractivity contribution in [2.45, 2.75) is 26.1 Å². The van der Waals surface area contributed by atoms with Crippen LogP contribution in [0.3, 0.4) is 0 Å². The Morgan fingerprint density at radius 3 is 2.67 bits per heavy atom. The zero-order valence-electron chi connectivity index (χ0n) is 23.0. The maximum Gasteiger partial charge on any atom is 0.209 e. The van der Waals surface area contributed by atoms with Crippen molar-refractivity contribution in [1.82, 2.24) is 34.9 Å². The molecule has 43 heavy (non-hydrogen) atoms. The molecular formula is C29H26F2N8O3S.